The van der Waals surface area contributed by atoms with E-state index in [1.807, 2.05) is 24.4 Å². The van der Waals surface area contributed by atoms with E-state index in [1.165, 1.54) is 44.8 Å². The Morgan fingerprint density at radius 3 is 2.04 bits per heavy atom. The molecule has 0 aliphatic carbocycles. The van der Waals surface area contributed by atoms with Crippen molar-refractivity contribution in [2.45, 2.75) is 81.6 Å². The molecular formula is C45H47N4OPt-3. The van der Waals surface area contributed by atoms with Gasteiger partial charge in [0.15, 0.2) is 0 Å². The molecule has 0 amide bonds. The molecule has 2 aromatic heterocycles. The van der Waals surface area contributed by atoms with Crippen molar-refractivity contribution in [3.8, 4) is 17.3 Å². The molecule has 0 saturated carbocycles. The van der Waals surface area contributed by atoms with Crippen LogP contribution in [0, 0.1) is 58.8 Å². The van der Waals surface area contributed by atoms with Crippen LogP contribution in [0.1, 0.15) is 74.9 Å². The van der Waals surface area contributed by atoms with Crippen molar-refractivity contribution >= 4 is 33.2 Å². The molecule has 0 N–H and O–H groups in total. The van der Waals surface area contributed by atoms with E-state index in [-0.39, 0.29) is 31.9 Å². The van der Waals surface area contributed by atoms with Crippen molar-refractivity contribution in [2.75, 3.05) is 9.80 Å². The largest absolute Gasteiger partial charge is 0.509 e. The number of fused-ring (bicyclic) bond motifs is 3. The molecule has 1 aliphatic rings. The van der Waals surface area contributed by atoms with E-state index in [4.69, 9.17) is 9.72 Å². The van der Waals surface area contributed by atoms with Gasteiger partial charge in [-0.15, -0.1) is 48.1 Å². The maximum absolute atomic E-state index is 6.55. The number of hydrogen-bond donors (Lipinski definition) is 0. The fourth-order valence-corrected chi connectivity index (χ4v) is 7.08. The second-order valence-corrected chi connectivity index (χ2v) is 15.7. The maximum atomic E-state index is 6.55. The van der Waals surface area contributed by atoms with E-state index >= 15 is 0 Å². The minimum Gasteiger partial charge on any atom is -0.509 e. The SMILES string of the molecule is Cc1c(C)c(C)c(N2C=C(C(C)(C)C)N(c3[c-]c(Oc4[c-]c5c(cc4)c4ccccc4n5-c4cc(C(C)(C)C)ccn4)ccc3)[CH-]2)c(C)c1C.[Pt]. The average molecular weight is 855 g/mol. The fourth-order valence-electron chi connectivity index (χ4n) is 7.08. The van der Waals surface area contributed by atoms with Gasteiger partial charge < -0.3 is 19.1 Å². The van der Waals surface area contributed by atoms with Gasteiger partial charge in [0.25, 0.3) is 0 Å². The number of rotatable bonds is 5. The first-order valence-electron chi connectivity index (χ1n) is 17.5. The summed E-state index contributed by atoms with van der Waals surface area (Å²) in [5.41, 5.74) is 13.1. The van der Waals surface area contributed by atoms with Crippen LogP contribution < -0.4 is 14.5 Å². The molecule has 3 heterocycles. The fraction of sp³-hybridized carbons (Fsp3) is 0.289. The zero-order chi connectivity index (χ0) is 35.7. The topological polar surface area (TPSA) is 33.5 Å². The first-order valence-corrected chi connectivity index (χ1v) is 17.5. The van der Waals surface area contributed by atoms with Gasteiger partial charge in [0.1, 0.15) is 5.82 Å². The van der Waals surface area contributed by atoms with Crippen LogP contribution in [0.3, 0.4) is 0 Å². The average Bonchev–Trinajstić information content (AvgIpc) is 3.67. The van der Waals surface area contributed by atoms with Crippen LogP contribution in [-0.2, 0) is 26.5 Å². The van der Waals surface area contributed by atoms with Gasteiger partial charge in [-0.1, -0.05) is 65.3 Å². The molecule has 7 rings (SSSR count). The van der Waals surface area contributed by atoms with Crippen molar-refractivity contribution < 1.29 is 25.8 Å². The van der Waals surface area contributed by atoms with Crippen LogP contribution in [0.15, 0.2) is 84.8 Å². The predicted octanol–water partition coefficient (Wildman–Crippen LogP) is 11.7. The molecule has 0 atom stereocenters. The van der Waals surface area contributed by atoms with Crippen LogP contribution >= 0.6 is 0 Å². The normalized spacial score (nSPS) is 13.6. The molecule has 0 spiro atoms. The Balaban J connectivity index is 0.00000448. The minimum atomic E-state index is -0.114. The second-order valence-electron chi connectivity index (χ2n) is 15.7. The summed E-state index contributed by atoms with van der Waals surface area (Å²) in [5.74, 6) is 2.12. The molecule has 0 fully saturated rings. The van der Waals surface area contributed by atoms with Gasteiger partial charge in [-0.2, -0.15) is 12.1 Å². The number of anilines is 2. The number of allylic oxidation sites excluding steroid dienone is 1. The summed E-state index contributed by atoms with van der Waals surface area (Å²) < 4.78 is 8.74. The summed E-state index contributed by atoms with van der Waals surface area (Å²) in [6, 6.07) is 30.1. The Morgan fingerprint density at radius 2 is 1.35 bits per heavy atom. The molecule has 5 nitrogen and oxygen atoms in total. The molecular weight excluding hydrogens is 808 g/mol. The van der Waals surface area contributed by atoms with Crippen molar-refractivity contribution in [1.82, 2.24) is 9.55 Å². The van der Waals surface area contributed by atoms with Gasteiger partial charge >= 0.3 is 0 Å². The van der Waals surface area contributed by atoms with Crippen molar-refractivity contribution in [3.63, 3.8) is 0 Å². The summed E-state index contributed by atoms with van der Waals surface area (Å²) in [4.78, 5) is 9.35. The zero-order valence-electron chi connectivity index (χ0n) is 31.6. The molecule has 6 aromatic rings. The number of aromatic nitrogens is 2. The summed E-state index contributed by atoms with van der Waals surface area (Å²) >= 11 is 0. The molecule has 1 aliphatic heterocycles. The summed E-state index contributed by atoms with van der Waals surface area (Å²) in [7, 11) is 0. The number of ether oxygens (including phenoxy) is 1. The van der Waals surface area contributed by atoms with Crippen LogP contribution in [0.5, 0.6) is 11.5 Å². The Bertz CT molecular complexity index is 2290. The summed E-state index contributed by atoms with van der Waals surface area (Å²) in [6.07, 6.45) is 4.17. The molecule has 4 aromatic carbocycles. The predicted molar refractivity (Wildman–Crippen MR) is 208 cm³/mol. The second kappa shape index (κ2) is 13.3. The van der Waals surface area contributed by atoms with Gasteiger partial charge in [0.05, 0.1) is 0 Å². The van der Waals surface area contributed by atoms with Crippen LogP contribution in [0.2, 0.25) is 0 Å². The van der Waals surface area contributed by atoms with Crippen molar-refractivity contribution in [1.29, 1.82) is 0 Å². The molecule has 0 radical (unpaired) electrons. The first kappa shape index (κ1) is 36.4. The molecule has 6 heteroatoms. The van der Waals surface area contributed by atoms with E-state index in [2.05, 4.69) is 164 Å². The third-order valence-electron chi connectivity index (χ3n) is 10.4. The monoisotopic (exact) mass is 854 g/mol. The summed E-state index contributed by atoms with van der Waals surface area (Å²) in [6.45, 7) is 26.8. The van der Waals surface area contributed by atoms with Gasteiger partial charge in [-0.05, 0) is 103 Å². The first-order chi connectivity index (χ1) is 23.6. The van der Waals surface area contributed by atoms with Crippen LogP contribution in [0.25, 0.3) is 27.6 Å². The van der Waals surface area contributed by atoms with Crippen LogP contribution in [-0.4, -0.2) is 9.55 Å². The quantitative estimate of drug-likeness (QED) is 0.162. The van der Waals surface area contributed by atoms with Gasteiger partial charge in [-0.3, -0.25) is 0 Å². The van der Waals surface area contributed by atoms with E-state index in [0.29, 0.717) is 11.5 Å². The van der Waals surface area contributed by atoms with Crippen molar-refractivity contribution in [3.05, 3.63) is 137 Å². The van der Waals surface area contributed by atoms with Gasteiger partial charge in [0, 0.05) is 61.1 Å². The Labute approximate surface area is 318 Å². The number of hydrogen-bond acceptors (Lipinski definition) is 4. The summed E-state index contributed by atoms with van der Waals surface area (Å²) in [5, 5.41) is 2.26. The van der Waals surface area contributed by atoms with Crippen LogP contribution in [0.4, 0.5) is 11.4 Å². The molecule has 51 heavy (non-hydrogen) atoms. The van der Waals surface area contributed by atoms with E-state index in [1.54, 1.807) is 0 Å². The smallest absolute Gasteiger partial charge is 0.135 e. The van der Waals surface area contributed by atoms with Gasteiger partial charge in [0.2, 0.25) is 0 Å². The van der Waals surface area contributed by atoms with E-state index in [0.717, 1.165) is 33.3 Å². The standard InChI is InChI=1S/C45H47N4O.Pt/c1-28-29(2)31(4)43(32(5)30(28)3)47-26-41(45(9,10)11)48(27-47)34-15-14-16-35(24-34)50-36-19-20-38-37-17-12-13-18-39(37)49(40(38)25-36)42-23-33(21-22-46-42)44(6,7)8;/h12-23,26-27H,1-11H3;/q-3;. The Hall–Kier alpha value is -4.34. The number of para-hydroxylation sites is 1. The number of pyridine rings is 1. The third-order valence-corrected chi connectivity index (χ3v) is 10.4. The third kappa shape index (κ3) is 6.51. The van der Waals surface area contributed by atoms with Crippen molar-refractivity contribution in [2.24, 2.45) is 5.41 Å². The zero-order valence-corrected chi connectivity index (χ0v) is 33.9. The number of benzene rings is 4. The van der Waals surface area contributed by atoms with Gasteiger partial charge in [-0.25, -0.2) is 4.98 Å². The minimum absolute atomic E-state index is 0. The maximum Gasteiger partial charge on any atom is 0.135 e. The van der Waals surface area contributed by atoms with E-state index in [9.17, 15) is 0 Å². The molecule has 0 unspecified atom stereocenters. The number of nitrogens with zero attached hydrogens (tertiary/aromatic N) is 4. The Morgan fingerprint density at radius 1 is 0.686 bits per heavy atom. The Kier molecular flexibility index (Phi) is 9.53. The molecule has 266 valence electrons. The van der Waals surface area contributed by atoms with E-state index < -0.39 is 0 Å². The molecule has 0 bridgehead atoms. The molecule has 0 saturated heterocycles.